The van der Waals surface area contributed by atoms with Crippen LogP contribution >= 0.6 is 11.3 Å². The molecule has 3 heteroatoms. The maximum Gasteiger partial charge on any atom is 0.143 e. The Kier molecular flexibility index (Phi) is 5.78. The molecule has 0 amide bonds. The van der Waals surface area contributed by atoms with Gasteiger partial charge in [0.15, 0.2) is 0 Å². The Morgan fingerprint density at radius 1 is 0.468 bits per heavy atom. The Bertz CT molecular complexity index is 2780. The Hall–Kier alpha value is -5.90. The predicted octanol–water partition coefficient (Wildman–Crippen LogP) is 12.9. The average Bonchev–Trinajstić information content (AvgIpc) is 3.81. The minimum Gasteiger partial charge on any atom is -0.455 e. The van der Waals surface area contributed by atoms with Gasteiger partial charge in [0.2, 0.25) is 0 Å². The molecule has 0 aliphatic rings. The molecule has 7 aromatic carbocycles. The van der Waals surface area contributed by atoms with Gasteiger partial charge in [0.25, 0.3) is 0 Å². The lowest BCUT2D eigenvalue weighted by Crippen LogP contribution is -1.93. The highest BCUT2D eigenvalue weighted by atomic mass is 32.1. The van der Waals surface area contributed by atoms with Gasteiger partial charge in [-0.3, -0.25) is 0 Å². The molecule has 3 heterocycles. The molecule has 3 aromatic heterocycles. The minimum absolute atomic E-state index is 0.901. The normalized spacial score (nSPS) is 11.8. The Morgan fingerprint density at radius 3 is 2.02 bits per heavy atom. The summed E-state index contributed by atoms with van der Waals surface area (Å²) in [6.45, 7) is 0. The Labute approximate surface area is 275 Å². The van der Waals surface area contributed by atoms with Crippen LogP contribution in [0.1, 0.15) is 0 Å². The summed E-state index contributed by atoms with van der Waals surface area (Å²) in [5.41, 5.74) is 12.6. The number of hydrogen-bond donors (Lipinski definition) is 0. The zero-order chi connectivity index (χ0) is 30.9. The fraction of sp³-hybridized carbons (Fsp3) is 0. The molecule has 0 N–H and O–H groups in total. The van der Waals surface area contributed by atoms with E-state index in [9.17, 15) is 0 Å². The quantitative estimate of drug-likeness (QED) is 0.192. The van der Waals surface area contributed by atoms with Crippen molar-refractivity contribution in [1.82, 2.24) is 4.57 Å². The lowest BCUT2D eigenvalue weighted by molar-refractivity contribution is 0.670. The first-order valence-corrected chi connectivity index (χ1v) is 16.8. The minimum atomic E-state index is 0.901. The van der Waals surface area contributed by atoms with Crippen molar-refractivity contribution in [1.29, 1.82) is 0 Å². The van der Waals surface area contributed by atoms with E-state index in [1.807, 2.05) is 11.3 Å². The Morgan fingerprint density at radius 2 is 1.15 bits per heavy atom. The van der Waals surface area contributed by atoms with Crippen molar-refractivity contribution in [2.24, 2.45) is 0 Å². The number of thiophene rings is 1. The summed E-state index contributed by atoms with van der Waals surface area (Å²) in [6.07, 6.45) is 0. The first-order valence-electron chi connectivity index (χ1n) is 15.9. The summed E-state index contributed by atoms with van der Waals surface area (Å²) in [7, 11) is 0. The zero-order valence-corrected chi connectivity index (χ0v) is 26.2. The summed E-state index contributed by atoms with van der Waals surface area (Å²) < 4.78 is 11.7. The van der Waals surface area contributed by atoms with Gasteiger partial charge >= 0.3 is 0 Å². The number of furan rings is 1. The molecule has 0 saturated carbocycles. The van der Waals surface area contributed by atoms with E-state index in [0.717, 1.165) is 33.1 Å². The van der Waals surface area contributed by atoms with Crippen LogP contribution in [-0.4, -0.2) is 4.57 Å². The second-order valence-corrected chi connectivity index (χ2v) is 13.1. The van der Waals surface area contributed by atoms with Gasteiger partial charge in [-0.15, -0.1) is 11.3 Å². The second-order valence-electron chi connectivity index (χ2n) is 12.1. The van der Waals surface area contributed by atoms with Crippen molar-refractivity contribution in [2.45, 2.75) is 0 Å². The van der Waals surface area contributed by atoms with E-state index < -0.39 is 0 Å². The summed E-state index contributed by atoms with van der Waals surface area (Å²) in [6, 6.07) is 58.7. The van der Waals surface area contributed by atoms with Gasteiger partial charge in [-0.25, -0.2) is 0 Å². The van der Waals surface area contributed by atoms with Gasteiger partial charge < -0.3 is 8.98 Å². The third-order valence-electron chi connectivity index (χ3n) is 9.43. The predicted molar refractivity (Wildman–Crippen MR) is 200 cm³/mol. The number of benzene rings is 7. The van der Waals surface area contributed by atoms with Gasteiger partial charge in [-0.05, 0) is 64.2 Å². The van der Waals surface area contributed by atoms with E-state index in [0.29, 0.717) is 0 Å². The smallest absolute Gasteiger partial charge is 0.143 e. The molecular formula is C44H27NOS. The molecule has 10 aromatic rings. The number of nitrogens with zero attached hydrogens (tertiary/aromatic N) is 1. The molecule has 2 nitrogen and oxygen atoms in total. The molecule has 0 aliphatic heterocycles. The summed E-state index contributed by atoms with van der Waals surface area (Å²) in [5, 5.41) is 4.85. The highest BCUT2D eigenvalue weighted by Crippen LogP contribution is 2.46. The van der Waals surface area contributed by atoms with E-state index in [-0.39, 0.29) is 0 Å². The lowest BCUT2D eigenvalue weighted by atomic mass is 9.91. The first-order chi connectivity index (χ1) is 23.3. The standard InChI is InChI=1S/C44H27NOS/c1-3-13-28(14-4-1)32-20-11-22-36-41-34(21-12-24-39(41)46-43(32)36)33-18-8-7-17-31(33)29-25-26-40-37(27-29)42-44(47-40)35-19-9-10-23-38(35)45(42)30-15-5-2-6-16-30/h1-27H. The first kappa shape index (κ1) is 26.3. The van der Waals surface area contributed by atoms with E-state index in [1.165, 1.54) is 59.1 Å². The highest BCUT2D eigenvalue weighted by Gasteiger charge is 2.20. The van der Waals surface area contributed by atoms with Crippen molar-refractivity contribution >= 4 is 64.5 Å². The molecule has 220 valence electrons. The monoisotopic (exact) mass is 617 g/mol. The van der Waals surface area contributed by atoms with Crippen LogP contribution in [0.15, 0.2) is 168 Å². The van der Waals surface area contributed by atoms with Crippen molar-refractivity contribution < 1.29 is 4.42 Å². The maximum atomic E-state index is 6.62. The molecule has 0 atom stereocenters. The molecule has 0 fully saturated rings. The lowest BCUT2D eigenvalue weighted by Gasteiger charge is -2.12. The number of rotatable bonds is 4. The molecule has 47 heavy (non-hydrogen) atoms. The second kappa shape index (κ2) is 10.3. The van der Waals surface area contributed by atoms with Crippen molar-refractivity contribution in [3.05, 3.63) is 164 Å². The summed E-state index contributed by atoms with van der Waals surface area (Å²) >= 11 is 1.88. The third-order valence-corrected chi connectivity index (χ3v) is 10.6. The number of hydrogen-bond acceptors (Lipinski definition) is 2. The van der Waals surface area contributed by atoms with Crippen molar-refractivity contribution in [2.75, 3.05) is 0 Å². The fourth-order valence-corrected chi connectivity index (χ4v) is 8.57. The highest BCUT2D eigenvalue weighted by molar-refractivity contribution is 7.26. The van der Waals surface area contributed by atoms with Crippen LogP contribution in [0, 0.1) is 0 Å². The SMILES string of the molecule is c1ccc(-c2cccc3c2oc2cccc(-c4ccccc4-c4ccc5sc6c7ccccc7n(-c7ccccc7)c6c5c4)c23)cc1. The van der Waals surface area contributed by atoms with Crippen LogP contribution in [0.4, 0.5) is 0 Å². The van der Waals surface area contributed by atoms with E-state index in [2.05, 4.69) is 168 Å². The topological polar surface area (TPSA) is 18.1 Å². The molecule has 0 aliphatic carbocycles. The van der Waals surface area contributed by atoms with Crippen LogP contribution < -0.4 is 0 Å². The van der Waals surface area contributed by atoms with Crippen LogP contribution in [0.5, 0.6) is 0 Å². The van der Waals surface area contributed by atoms with Crippen LogP contribution in [-0.2, 0) is 0 Å². The van der Waals surface area contributed by atoms with Crippen molar-refractivity contribution in [3.8, 4) is 39.1 Å². The molecule has 0 bridgehead atoms. The third kappa shape index (κ3) is 3.97. The summed E-state index contributed by atoms with van der Waals surface area (Å²) in [4.78, 5) is 0. The van der Waals surface area contributed by atoms with E-state index in [4.69, 9.17) is 4.42 Å². The number of para-hydroxylation sites is 3. The maximum absolute atomic E-state index is 6.62. The molecule has 0 unspecified atom stereocenters. The number of aromatic nitrogens is 1. The fourth-order valence-electron chi connectivity index (χ4n) is 7.37. The molecular weight excluding hydrogens is 591 g/mol. The van der Waals surface area contributed by atoms with Crippen LogP contribution in [0.3, 0.4) is 0 Å². The van der Waals surface area contributed by atoms with Gasteiger partial charge in [-0.2, -0.15) is 0 Å². The van der Waals surface area contributed by atoms with Gasteiger partial charge in [-0.1, -0.05) is 127 Å². The molecule has 0 radical (unpaired) electrons. The van der Waals surface area contributed by atoms with E-state index >= 15 is 0 Å². The Balaban J connectivity index is 1.21. The van der Waals surface area contributed by atoms with Crippen molar-refractivity contribution in [3.63, 3.8) is 0 Å². The molecule has 0 spiro atoms. The van der Waals surface area contributed by atoms with Crippen LogP contribution in [0.2, 0.25) is 0 Å². The molecule has 0 saturated heterocycles. The van der Waals surface area contributed by atoms with Gasteiger partial charge in [0.05, 0.1) is 15.7 Å². The number of fused-ring (bicyclic) bond motifs is 8. The van der Waals surface area contributed by atoms with Gasteiger partial charge in [0.1, 0.15) is 11.2 Å². The summed E-state index contributed by atoms with van der Waals surface area (Å²) in [5.74, 6) is 0. The van der Waals surface area contributed by atoms with E-state index in [1.54, 1.807) is 0 Å². The molecule has 10 rings (SSSR count). The average molecular weight is 618 g/mol. The van der Waals surface area contributed by atoms with Crippen LogP contribution in [0.25, 0.3) is 92.2 Å². The largest absolute Gasteiger partial charge is 0.455 e. The van der Waals surface area contributed by atoms with Gasteiger partial charge in [0, 0.05) is 37.5 Å². The zero-order valence-electron chi connectivity index (χ0n) is 25.4.